The van der Waals surface area contributed by atoms with E-state index in [2.05, 4.69) is 29.6 Å². The maximum Gasteiger partial charge on any atom is 0.118 e. The maximum atomic E-state index is 5.26. The second-order valence-corrected chi connectivity index (χ2v) is 6.84. The van der Waals surface area contributed by atoms with Crippen LogP contribution in [0.1, 0.15) is 63.0 Å². The Morgan fingerprint density at radius 3 is 2.43 bits per heavy atom. The van der Waals surface area contributed by atoms with Crippen LogP contribution in [0.4, 0.5) is 0 Å². The summed E-state index contributed by atoms with van der Waals surface area (Å²) in [6.45, 7) is 1.17. The van der Waals surface area contributed by atoms with Gasteiger partial charge in [0.1, 0.15) is 5.75 Å². The van der Waals surface area contributed by atoms with Crippen molar-refractivity contribution in [1.29, 1.82) is 0 Å². The first-order chi connectivity index (χ1) is 10.4. The van der Waals surface area contributed by atoms with Crippen LogP contribution < -0.4 is 10.1 Å². The molecule has 2 nitrogen and oxygen atoms in total. The molecule has 1 aromatic rings. The Balaban J connectivity index is 1.47. The van der Waals surface area contributed by atoms with Crippen LogP contribution in [0.5, 0.6) is 5.75 Å². The average Bonchev–Trinajstić information content (AvgIpc) is 3.23. The highest BCUT2D eigenvalue weighted by Crippen LogP contribution is 2.41. The van der Waals surface area contributed by atoms with Crippen molar-refractivity contribution >= 4 is 0 Å². The molecule has 0 heterocycles. The number of nitrogens with one attached hydrogen (secondary N) is 1. The van der Waals surface area contributed by atoms with E-state index in [1.807, 2.05) is 0 Å². The molecule has 0 aromatic heterocycles. The van der Waals surface area contributed by atoms with Crippen molar-refractivity contribution in [2.75, 3.05) is 13.7 Å². The summed E-state index contributed by atoms with van der Waals surface area (Å²) in [6, 6.07) is 9.19. The van der Waals surface area contributed by atoms with Crippen LogP contribution in [0, 0.1) is 11.8 Å². The fraction of sp³-hybridized carbons (Fsp3) is 0.684. The van der Waals surface area contributed by atoms with Crippen molar-refractivity contribution in [3.8, 4) is 5.75 Å². The molecule has 21 heavy (non-hydrogen) atoms. The smallest absolute Gasteiger partial charge is 0.118 e. The van der Waals surface area contributed by atoms with Gasteiger partial charge in [-0.3, -0.25) is 0 Å². The molecule has 1 atom stereocenters. The molecule has 2 aliphatic rings. The van der Waals surface area contributed by atoms with Crippen LogP contribution in [0.2, 0.25) is 0 Å². The molecule has 0 aliphatic heterocycles. The molecule has 0 amide bonds. The zero-order valence-electron chi connectivity index (χ0n) is 13.3. The van der Waals surface area contributed by atoms with Gasteiger partial charge >= 0.3 is 0 Å². The van der Waals surface area contributed by atoms with Crippen molar-refractivity contribution in [3.63, 3.8) is 0 Å². The second kappa shape index (κ2) is 7.31. The van der Waals surface area contributed by atoms with E-state index in [-0.39, 0.29) is 0 Å². The van der Waals surface area contributed by atoms with Crippen molar-refractivity contribution in [2.24, 2.45) is 11.8 Å². The Morgan fingerprint density at radius 2 is 1.81 bits per heavy atom. The Labute approximate surface area is 129 Å². The third-order valence-corrected chi connectivity index (χ3v) is 5.20. The quantitative estimate of drug-likeness (QED) is 0.699. The topological polar surface area (TPSA) is 21.3 Å². The summed E-state index contributed by atoms with van der Waals surface area (Å²) in [5, 5.41) is 3.82. The molecule has 116 valence electrons. The average molecular weight is 287 g/mol. The highest BCUT2D eigenvalue weighted by atomic mass is 16.5. The lowest BCUT2D eigenvalue weighted by Crippen LogP contribution is -2.24. The summed E-state index contributed by atoms with van der Waals surface area (Å²) in [5.41, 5.74) is 1.43. The summed E-state index contributed by atoms with van der Waals surface area (Å²) < 4.78 is 5.26. The number of hydrogen-bond acceptors (Lipinski definition) is 2. The SMILES string of the molecule is COc1ccc(C(NCCCC2CCCC2)C2CC2)cc1. The summed E-state index contributed by atoms with van der Waals surface area (Å²) in [7, 11) is 1.73. The van der Waals surface area contributed by atoms with Crippen LogP contribution >= 0.6 is 0 Å². The van der Waals surface area contributed by atoms with Crippen LogP contribution in [-0.4, -0.2) is 13.7 Å². The van der Waals surface area contributed by atoms with Gasteiger partial charge in [0.2, 0.25) is 0 Å². The summed E-state index contributed by atoms with van der Waals surface area (Å²) in [4.78, 5) is 0. The molecule has 2 heteroatoms. The first-order valence-corrected chi connectivity index (χ1v) is 8.74. The highest BCUT2D eigenvalue weighted by Gasteiger charge is 2.31. The van der Waals surface area contributed by atoms with Gasteiger partial charge in [0.15, 0.2) is 0 Å². The number of methoxy groups -OCH3 is 1. The fourth-order valence-electron chi connectivity index (χ4n) is 3.74. The molecule has 1 N–H and O–H groups in total. The van der Waals surface area contributed by atoms with Gasteiger partial charge in [-0.1, -0.05) is 37.8 Å². The summed E-state index contributed by atoms with van der Waals surface area (Å²) in [5.74, 6) is 2.83. The lowest BCUT2D eigenvalue weighted by Gasteiger charge is -2.20. The Morgan fingerprint density at radius 1 is 1.10 bits per heavy atom. The Kier molecular flexibility index (Phi) is 5.18. The van der Waals surface area contributed by atoms with E-state index >= 15 is 0 Å². The zero-order chi connectivity index (χ0) is 14.5. The van der Waals surface area contributed by atoms with Gasteiger partial charge in [0.25, 0.3) is 0 Å². The molecule has 2 fully saturated rings. The zero-order valence-corrected chi connectivity index (χ0v) is 13.3. The van der Waals surface area contributed by atoms with E-state index in [0.717, 1.165) is 17.6 Å². The summed E-state index contributed by atoms with van der Waals surface area (Å²) >= 11 is 0. The first kappa shape index (κ1) is 14.9. The third kappa shape index (κ3) is 4.23. The van der Waals surface area contributed by atoms with Gasteiger partial charge in [0, 0.05) is 6.04 Å². The number of benzene rings is 1. The van der Waals surface area contributed by atoms with E-state index in [1.54, 1.807) is 7.11 Å². The number of ether oxygens (including phenoxy) is 1. The predicted octanol–water partition coefficient (Wildman–Crippen LogP) is 4.71. The minimum absolute atomic E-state index is 0.555. The normalized spacial score (nSPS) is 20.6. The molecule has 0 bridgehead atoms. The van der Waals surface area contributed by atoms with Crippen molar-refractivity contribution in [2.45, 2.75) is 57.4 Å². The lowest BCUT2D eigenvalue weighted by molar-refractivity contribution is 0.412. The van der Waals surface area contributed by atoms with Crippen molar-refractivity contribution in [1.82, 2.24) is 5.32 Å². The van der Waals surface area contributed by atoms with Crippen LogP contribution in [0.25, 0.3) is 0 Å². The number of rotatable bonds is 8. The van der Waals surface area contributed by atoms with Gasteiger partial charge in [-0.2, -0.15) is 0 Å². The molecule has 0 radical (unpaired) electrons. The summed E-state index contributed by atoms with van der Waals surface area (Å²) in [6.07, 6.45) is 11.4. The minimum Gasteiger partial charge on any atom is -0.497 e. The van der Waals surface area contributed by atoms with Gasteiger partial charge in [0.05, 0.1) is 7.11 Å². The molecular weight excluding hydrogens is 258 g/mol. The van der Waals surface area contributed by atoms with E-state index in [1.165, 1.54) is 63.5 Å². The van der Waals surface area contributed by atoms with Crippen molar-refractivity contribution < 1.29 is 4.74 Å². The number of hydrogen-bond donors (Lipinski definition) is 1. The van der Waals surface area contributed by atoms with Crippen molar-refractivity contribution in [3.05, 3.63) is 29.8 Å². The Hall–Kier alpha value is -1.02. The molecule has 2 aliphatic carbocycles. The van der Waals surface area contributed by atoms with Gasteiger partial charge in [-0.15, -0.1) is 0 Å². The van der Waals surface area contributed by atoms with Gasteiger partial charge < -0.3 is 10.1 Å². The first-order valence-electron chi connectivity index (χ1n) is 8.74. The van der Waals surface area contributed by atoms with Crippen LogP contribution in [0.3, 0.4) is 0 Å². The van der Waals surface area contributed by atoms with Crippen LogP contribution in [-0.2, 0) is 0 Å². The molecule has 1 unspecified atom stereocenters. The predicted molar refractivity (Wildman–Crippen MR) is 87.7 cm³/mol. The lowest BCUT2D eigenvalue weighted by atomic mass is 10.00. The molecular formula is C19H29NO. The monoisotopic (exact) mass is 287 g/mol. The molecule has 1 aromatic carbocycles. The maximum absolute atomic E-state index is 5.26. The second-order valence-electron chi connectivity index (χ2n) is 6.84. The molecule has 0 spiro atoms. The van der Waals surface area contributed by atoms with E-state index in [9.17, 15) is 0 Å². The molecule has 3 rings (SSSR count). The molecule has 2 saturated carbocycles. The minimum atomic E-state index is 0.555. The molecule has 0 saturated heterocycles. The van der Waals surface area contributed by atoms with E-state index in [0.29, 0.717) is 6.04 Å². The van der Waals surface area contributed by atoms with E-state index in [4.69, 9.17) is 4.74 Å². The Bertz CT molecular complexity index is 418. The fourth-order valence-corrected chi connectivity index (χ4v) is 3.74. The highest BCUT2D eigenvalue weighted by molar-refractivity contribution is 5.30. The van der Waals surface area contributed by atoms with Crippen LogP contribution in [0.15, 0.2) is 24.3 Å². The third-order valence-electron chi connectivity index (χ3n) is 5.20. The largest absolute Gasteiger partial charge is 0.497 e. The van der Waals surface area contributed by atoms with Gasteiger partial charge in [-0.25, -0.2) is 0 Å². The van der Waals surface area contributed by atoms with Gasteiger partial charge in [-0.05, 0) is 61.8 Å². The van der Waals surface area contributed by atoms with E-state index < -0.39 is 0 Å². The standard InChI is InChI=1S/C19H29NO/c1-21-18-12-10-17(11-13-18)19(16-8-9-16)20-14-4-7-15-5-2-3-6-15/h10-13,15-16,19-20H,2-9,14H2,1H3.